The van der Waals surface area contributed by atoms with Crippen LogP contribution in [-0.4, -0.2) is 39.4 Å². The van der Waals surface area contributed by atoms with Crippen molar-refractivity contribution in [2.24, 2.45) is 5.92 Å². The molecule has 2 heterocycles. The number of aromatic amines is 1. The highest BCUT2D eigenvalue weighted by atomic mass is 16.6. The Labute approximate surface area is 180 Å². The molecule has 158 valence electrons. The van der Waals surface area contributed by atoms with Crippen LogP contribution in [0.5, 0.6) is 0 Å². The number of hydrogen-bond donors (Lipinski definition) is 2. The second-order valence-corrected chi connectivity index (χ2v) is 8.25. The number of imidazole rings is 1. The zero-order valence-electron chi connectivity index (χ0n) is 17.3. The lowest BCUT2D eigenvalue weighted by atomic mass is 9.96. The molecule has 0 bridgehead atoms. The van der Waals surface area contributed by atoms with Crippen LogP contribution in [0.4, 0.5) is 11.6 Å². The summed E-state index contributed by atoms with van der Waals surface area (Å²) in [7, 11) is 0. The van der Waals surface area contributed by atoms with E-state index in [1.165, 1.54) is 22.4 Å². The van der Waals surface area contributed by atoms with E-state index in [-0.39, 0.29) is 5.69 Å². The van der Waals surface area contributed by atoms with E-state index in [1.54, 1.807) is 6.07 Å². The second kappa shape index (κ2) is 8.35. The van der Waals surface area contributed by atoms with Crippen LogP contribution >= 0.6 is 0 Å². The minimum absolute atomic E-state index is 0.0311. The molecule has 0 aliphatic carbocycles. The Morgan fingerprint density at radius 1 is 1.06 bits per heavy atom. The number of anilines is 1. The summed E-state index contributed by atoms with van der Waals surface area (Å²) in [5, 5.41) is 17.2. The molecule has 1 fully saturated rings. The number of nitrogens with zero attached hydrogens (tertiary/aromatic N) is 3. The Balaban J connectivity index is 1.17. The van der Waals surface area contributed by atoms with Gasteiger partial charge in [0.25, 0.3) is 5.69 Å². The van der Waals surface area contributed by atoms with E-state index >= 15 is 0 Å². The van der Waals surface area contributed by atoms with Gasteiger partial charge < -0.3 is 10.3 Å². The fourth-order valence-electron chi connectivity index (χ4n) is 4.51. The van der Waals surface area contributed by atoms with Crippen LogP contribution in [0.15, 0.2) is 60.7 Å². The average molecular weight is 415 g/mol. The van der Waals surface area contributed by atoms with E-state index in [4.69, 9.17) is 0 Å². The summed E-state index contributed by atoms with van der Waals surface area (Å²) >= 11 is 0. The summed E-state index contributed by atoms with van der Waals surface area (Å²) in [6.45, 7) is 3.94. The van der Waals surface area contributed by atoms with Gasteiger partial charge in [0.2, 0.25) is 5.95 Å². The van der Waals surface area contributed by atoms with Gasteiger partial charge in [-0.3, -0.25) is 15.0 Å². The molecule has 2 N–H and O–H groups in total. The fraction of sp³-hybridized carbons (Fsp3) is 0.292. The molecule has 0 unspecified atom stereocenters. The van der Waals surface area contributed by atoms with Crippen LogP contribution in [0, 0.1) is 16.0 Å². The maximum absolute atomic E-state index is 11.2. The summed E-state index contributed by atoms with van der Waals surface area (Å²) < 4.78 is 0. The van der Waals surface area contributed by atoms with Gasteiger partial charge in [0.1, 0.15) is 0 Å². The van der Waals surface area contributed by atoms with Crippen LogP contribution < -0.4 is 5.32 Å². The number of fused-ring (bicyclic) bond motifs is 2. The topological polar surface area (TPSA) is 87.1 Å². The molecule has 1 aliphatic heterocycles. The fourth-order valence-corrected chi connectivity index (χ4v) is 4.51. The Hall–Kier alpha value is -3.45. The first-order valence-corrected chi connectivity index (χ1v) is 10.7. The van der Waals surface area contributed by atoms with Gasteiger partial charge in [-0.25, -0.2) is 4.98 Å². The number of piperidine rings is 1. The smallest absolute Gasteiger partial charge is 0.297 e. The predicted molar refractivity (Wildman–Crippen MR) is 123 cm³/mol. The first-order valence-electron chi connectivity index (χ1n) is 10.7. The minimum Gasteiger partial charge on any atom is -0.356 e. The van der Waals surface area contributed by atoms with E-state index in [9.17, 15) is 10.1 Å². The SMILES string of the molecule is O=[N+]([O-])c1cccc2[nH]c(NCC3CCN(Cc4cccc5ccccc45)CC3)nc12. The Morgan fingerprint density at radius 3 is 2.68 bits per heavy atom. The molecule has 7 nitrogen and oxygen atoms in total. The van der Waals surface area contributed by atoms with Gasteiger partial charge in [-0.2, -0.15) is 0 Å². The zero-order valence-corrected chi connectivity index (χ0v) is 17.3. The third kappa shape index (κ3) is 4.09. The third-order valence-electron chi connectivity index (χ3n) is 6.23. The van der Waals surface area contributed by atoms with E-state index in [0.29, 0.717) is 22.9 Å². The minimum atomic E-state index is -0.390. The summed E-state index contributed by atoms with van der Waals surface area (Å²) in [6, 6.07) is 20.1. The highest BCUT2D eigenvalue weighted by Gasteiger charge is 2.21. The normalized spacial score (nSPS) is 15.5. The molecule has 7 heteroatoms. The van der Waals surface area contributed by atoms with Gasteiger partial charge in [0.15, 0.2) is 5.52 Å². The number of rotatable bonds is 6. The molecule has 0 atom stereocenters. The van der Waals surface area contributed by atoms with Crippen molar-refractivity contribution in [2.45, 2.75) is 19.4 Å². The lowest BCUT2D eigenvalue weighted by Gasteiger charge is -2.32. The predicted octanol–water partition coefficient (Wildman–Crippen LogP) is 4.95. The second-order valence-electron chi connectivity index (χ2n) is 8.25. The molecule has 0 radical (unpaired) electrons. The molecule has 4 aromatic rings. The van der Waals surface area contributed by atoms with Gasteiger partial charge >= 0.3 is 0 Å². The Morgan fingerprint density at radius 2 is 1.84 bits per heavy atom. The lowest BCUT2D eigenvalue weighted by molar-refractivity contribution is -0.383. The summed E-state index contributed by atoms with van der Waals surface area (Å²) in [4.78, 5) is 20.9. The number of likely N-dealkylation sites (tertiary alicyclic amines) is 1. The molecule has 0 spiro atoms. The first kappa shape index (κ1) is 19.5. The molecule has 1 saturated heterocycles. The third-order valence-corrected chi connectivity index (χ3v) is 6.23. The van der Waals surface area contributed by atoms with Crippen molar-refractivity contribution in [2.75, 3.05) is 25.0 Å². The maximum Gasteiger partial charge on any atom is 0.297 e. The lowest BCUT2D eigenvalue weighted by Crippen LogP contribution is -2.35. The van der Waals surface area contributed by atoms with Crippen molar-refractivity contribution < 1.29 is 4.92 Å². The van der Waals surface area contributed by atoms with Crippen LogP contribution in [0.25, 0.3) is 21.8 Å². The number of non-ortho nitro benzene ring substituents is 1. The van der Waals surface area contributed by atoms with Gasteiger partial charge in [-0.1, -0.05) is 48.5 Å². The number of nitro benzene ring substituents is 1. The van der Waals surface area contributed by atoms with E-state index in [1.807, 2.05) is 6.07 Å². The van der Waals surface area contributed by atoms with Crippen LogP contribution in [-0.2, 0) is 6.54 Å². The molecule has 1 aliphatic rings. The number of hydrogen-bond acceptors (Lipinski definition) is 5. The standard InChI is InChI=1S/C24H25N5O2/c30-29(31)22-10-4-9-21-23(22)27-24(26-21)25-15-17-11-13-28(14-12-17)16-19-7-3-6-18-5-1-2-8-20(18)19/h1-10,17H,11-16H2,(H2,25,26,27). The Kier molecular flexibility index (Phi) is 5.26. The maximum atomic E-state index is 11.2. The number of para-hydroxylation sites is 1. The number of nitro groups is 1. The molecule has 0 amide bonds. The van der Waals surface area contributed by atoms with Crippen LogP contribution in [0.2, 0.25) is 0 Å². The molecule has 1 aromatic heterocycles. The largest absolute Gasteiger partial charge is 0.356 e. The number of benzene rings is 3. The number of H-pyrrole nitrogens is 1. The van der Waals surface area contributed by atoms with Gasteiger partial charge in [0.05, 0.1) is 10.4 Å². The van der Waals surface area contributed by atoms with Crippen molar-refractivity contribution >= 4 is 33.4 Å². The highest BCUT2D eigenvalue weighted by Crippen LogP contribution is 2.26. The van der Waals surface area contributed by atoms with Crippen molar-refractivity contribution in [1.82, 2.24) is 14.9 Å². The molecular formula is C24H25N5O2. The first-order chi connectivity index (χ1) is 15.2. The van der Waals surface area contributed by atoms with E-state index in [2.05, 4.69) is 62.6 Å². The molecule has 3 aromatic carbocycles. The van der Waals surface area contributed by atoms with Gasteiger partial charge in [-0.15, -0.1) is 0 Å². The average Bonchev–Trinajstić information content (AvgIpc) is 3.22. The van der Waals surface area contributed by atoms with Crippen molar-refractivity contribution in [3.63, 3.8) is 0 Å². The van der Waals surface area contributed by atoms with Gasteiger partial charge in [0, 0.05) is 19.2 Å². The van der Waals surface area contributed by atoms with Crippen molar-refractivity contribution in [1.29, 1.82) is 0 Å². The monoisotopic (exact) mass is 415 g/mol. The summed E-state index contributed by atoms with van der Waals surface area (Å²) in [6.07, 6.45) is 2.25. The van der Waals surface area contributed by atoms with Crippen LogP contribution in [0.3, 0.4) is 0 Å². The molecule has 31 heavy (non-hydrogen) atoms. The number of nitrogens with one attached hydrogen (secondary N) is 2. The highest BCUT2D eigenvalue weighted by molar-refractivity contribution is 5.86. The molecular weight excluding hydrogens is 390 g/mol. The van der Waals surface area contributed by atoms with E-state index in [0.717, 1.165) is 39.0 Å². The van der Waals surface area contributed by atoms with E-state index < -0.39 is 4.92 Å². The molecule has 0 saturated carbocycles. The quantitative estimate of drug-likeness (QED) is 0.344. The summed E-state index contributed by atoms with van der Waals surface area (Å²) in [5.41, 5.74) is 2.50. The van der Waals surface area contributed by atoms with Gasteiger partial charge in [-0.05, 0) is 54.3 Å². The Bertz CT molecular complexity index is 1220. The number of aromatic nitrogens is 2. The van der Waals surface area contributed by atoms with Crippen molar-refractivity contribution in [3.05, 3.63) is 76.3 Å². The van der Waals surface area contributed by atoms with Crippen molar-refractivity contribution in [3.8, 4) is 0 Å². The van der Waals surface area contributed by atoms with Crippen LogP contribution in [0.1, 0.15) is 18.4 Å². The zero-order chi connectivity index (χ0) is 21.2. The molecule has 5 rings (SSSR count). The summed E-state index contributed by atoms with van der Waals surface area (Å²) in [5.74, 6) is 1.16.